The molecule has 0 bridgehead atoms. The number of rotatable bonds is 6. The first-order valence-electron chi connectivity index (χ1n) is 5.74. The smallest absolute Gasteiger partial charge is 0.0243 e. The number of thiophene rings is 1. The molecule has 1 fully saturated rings. The predicted octanol–water partition coefficient (Wildman–Crippen LogP) is 1.96. The summed E-state index contributed by atoms with van der Waals surface area (Å²) in [6.07, 6.45) is 3.92. The molecule has 2 N–H and O–H groups in total. The Labute approximate surface area is 96.1 Å². The summed E-state index contributed by atoms with van der Waals surface area (Å²) in [6.45, 7) is 1.95. The first kappa shape index (κ1) is 11.1. The van der Waals surface area contributed by atoms with E-state index in [1.165, 1.54) is 17.7 Å². The van der Waals surface area contributed by atoms with Crippen LogP contribution in [0.15, 0.2) is 17.5 Å². The van der Waals surface area contributed by atoms with Crippen LogP contribution >= 0.6 is 11.3 Å². The number of nitrogens with two attached hydrogens (primary N) is 1. The third-order valence-corrected chi connectivity index (χ3v) is 4.20. The van der Waals surface area contributed by atoms with Gasteiger partial charge in [0, 0.05) is 24.0 Å². The maximum absolute atomic E-state index is 5.82. The Morgan fingerprint density at radius 1 is 1.60 bits per heavy atom. The SMILES string of the molecule is CN(CCc1cccs1)C(CN)C1CC1. The number of hydrogen-bond donors (Lipinski definition) is 1. The molecule has 0 spiro atoms. The largest absolute Gasteiger partial charge is 0.329 e. The van der Waals surface area contributed by atoms with Gasteiger partial charge in [-0.05, 0) is 43.7 Å². The molecule has 0 saturated heterocycles. The summed E-state index contributed by atoms with van der Waals surface area (Å²) >= 11 is 1.85. The fourth-order valence-electron chi connectivity index (χ4n) is 2.12. The van der Waals surface area contributed by atoms with E-state index in [4.69, 9.17) is 5.73 Å². The van der Waals surface area contributed by atoms with Crippen LogP contribution < -0.4 is 5.73 Å². The molecule has 1 saturated carbocycles. The van der Waals surface area contributed by atoms with Crippen molar-refractivity contribution >= 4 is 11.3 Å². The van der Waals surface area contributed by atoms with Crippen LogP contribution in [0.4, 0.5) is 0 Å². The van der Waals surface area contributed by atoms with Crippen molar-refractivity contribution in [1.29, 1.82) is 0 Å². The molecule has 1 aliphatic carbocycles. The van der Waals surface area contributed by atoms with Crippen molar-refractivity contribution in [2.45, 2.75) is 25.3 Å². The van der Waals surface area contributed by atoms with Crippen LogP contribution in [0.3, 0.4) is 0 Å². The highest BCUT2D eigenvalue weighted by Crippen LogP contribution is 2.34. The predicted molar refractivity (Wildman–Crippen MR) is 66.2 cm³/mol. The molecule has 15 heavy (non-hydrogen) atoms. The van der Waals surface area contributed by atoms with Gasteiger partial charge in [-0.15, -0.1) is 11.3 Å². The minimum absolute atomic E-state index is 0.616. The monoisotopic (exact) mass is 224 g/mol. The van der Waals surface area contributed by atoms with Crippen LogP contribution in [0.2, 0.25) is 0 Å². The molecule has 0 aliphatic heterocycles. The third kappa shape index (κ3) is 3.03. The summed E-state index contributed by atoms with van der Waals surface area (Å²) in [7, 11) is 2.21. The first-order valence-corrected chi connectivity index (χ1v) is 6.62. The highest BCUT2D eigenvalue weighted by atomic mass is 32.1. The average Bonchev–Trinajstić information content (AvgIpc) is 2.93. The minimum Gasteiger partial charge on any atom is -0.329 e. The average molecular weight is 224 g/mol. The fourth-order valence-corrected chi connectivity index (χ4v) is 2.82. The second-order valence-corrected chi connectivity index (χ2v) is 5.48. The normalized spacial score (nSPS) is 18.3. The highest BCUT2D eigenvalue weighted by Gasteiger charge is 2.32. The Balaban J connectivity index is 1.77. The van der Waals surface area contributed by atoms with E-state index in [2.05, 4.69) is 29.5 Å². The summed E-state index contributed by atoms with van der Waals surface area (Å²) in [5, 5.41) is 2.15. The molecule has 1 aliphatic rings. The summed E-state index contributed by atoms with van der Waals surface area (Å²) in [5.41, 5.74) is 5.82. The first-order chi connectivity index (χ1) is 7.31. The van der Waals surface area contributed by atoms with Crippen LogP contribution in [0.5, 0.6) is 0 Å². The van der Waals surface area contributed by atoms with Gasteiger partial charge in [0.05, 0.1) is 0 Å². The van der Waals surface area contributed by atoms with Gasteiger partial charge in [0.2, 0.25) is 0 Å². The van der Waals surface area contributed by atoms with Gasteiger partial charge in [-0.2, -0.15) is 0 Å². The zero-order chi connectivity index (χ0) is 10.7. The minimum atomic E-state index is 0.616. The number of hydrogen-bond acceptors (Lipinski definition) is 3. The molecule has 0 amide bonds. The van der Waals surface area contributed by atoms with Gasteiger partial charge in [0.1, 0.15) is 0 Å². The molecule has 1 unspecified atom stereocenters. The molecule has 1 aromatic heterocycles. The van der Waals surface area contributed by atoms with Gasteiger partial charge in [-0.1, -0.05) is 6.07 Å². The molecule has 1 heterocycles. The van der Waals surface area contributed by atoms with Crippen molar-refractivity contribution in [3.63, 3.8) is 0 Å². The molecule has 0 radical (unpaired) electrons. The van der Waals surface area contributed by atoms with Crippen molar-refractivity contribution in [1.82, 2.24) is 4.90 Å². The topological polar surface area (TPSA) is 29.3 Å². The summed E-state index contributed by atoms with van der Waals surface area (Å²) in [6, 6.07) is 4.96. The Bertz CT molecular complexity index is 280. The van der Waals surface area contributed by atoms with Crippen LogP contribution in [-0.2, 0) is 6.42 Å². The van der Waals surface area contributed by atoms with E-state index in [-0.39, 0.29) is 0 Å². The quantitative estimate of drug-likeness (QED) is 0.800. The van der Waals surface area contributed by atoms with Crippen LogP contribution in [0.1, 0.15) is 17.7 Å². The molecular formula is C12H20N2S. The Kier molecular flexibility index (Phi) is 3.78. The summed E-state index contributed by atoms with van der Waals surface area (Å²) in [5.74, 6) is 0.878. The summed E-state index contributed by atoms with van der Waals surface area (Å²) < 4.78 is 0. The van der Waals surface area contributed by atoms with Gasteiger partial charge < -0.3 is 10.6 Å². The van der Waals surface area contributed by atoms with Crippen molar-refractivity contribution in [2.75, 3.05) is 20.1 Å². The highest BCUT2D eigenvalue weighted by molar-refractivity contribution is 7.09. The van der Waals surface area contributed by atoms with E-state index in [9.17, 15) is 0 Å². The van der Waals surface area contributed by atoms with E-state index < -0.39 is 0 Å². The van der Waals surface area contributed by atoms with Crippen LogP contribution in [0.25, 0.3) is 0 Å². The molecule has 2 rings (SSSR count). The fraction of sp³-hybridized carbons (Fsp3) is 0.667. The molecule has 0 aromatic carbocycles. The maximum atomic E-state index is 5.82. The Morgan fingerprint density at radius 3 is 2.93 bits per heavy atom. The molecule has 3 heteroatoms. The third-order valence-electron chi connectivity index (χ3n) is 3.26. The molecule has 2 nitrogen and oxygen atoms in total. The summed E-state index contributed by atoms with van der Waals surface area (Å²) in [4.78, 5) is 3.92. The zero-order valence-corrected chi connectivity index (χ0v) is 10.2. The lowest BCUT2D eigenvalue weighted by molar-refractivity contribution is 0.226. The van der Waals surface area contributed by atoms with Crippen molar-refractivity contribution in [3.8, 4) is 0 Å². The lowest BCUT2D eigenvalue weighted by Crippen LogP contribution is -2.40. The zero-order valence-electron chi connectivity index (χ0n) is 9.36. The van der Waals surface area contributed by atoms with Crippen molar-refractivity contribution in [3.05, 3.63) is 22.4 Å². The lowest BCUT2D eigenvalue weighted by Gasteiger charge is -2.26. The maximum Gasteiger partial charge on any atom is 0.0243 e. The number of likely N-dealkylation sites (N-methyl/N-ethyl adjacent to an activating group) is 1. The molecule has 1 atom stereocenters. The second kappa shape index (κ2) is 5.10. The Hall–Kier alpha value is -0.380. The van der Waals surface area contributed by atoms with E-state index in [1.807, 2.05) is 11.3 Å². The van der Waals surface area contributed by atoms with E-state index in [0.717, 1.165) is 25.4 Å². The van der Waals surface area contributed by atoms with E-state index in [0.29, 0.717) is 6.04 Å². The van der Waals surface area contributed by atoms with Gasteiger partial charge in [0.15, 0.2) is 0 Å². The van der Waals surface area contributed by atoms with Gasteiger partial charge in [0.25, 0.3) is 0 Å². The Morgan fingerprint density at radius 2 is 2.40 bits per heavy atom. The van der Waals surface area contributed by atoms with E-state index in [1.54, 1.807) is 0 Å². The van der Waals surface area contributed by atoms with Crippen molar-refractivity contribution < 1.29 is 0 Å². The van der Waals surface area contributed by atoms with Crippen LogP contribution in [-0.4, -0.2) is 31.1 Å². The number of nitrogens with zero attached hydrogens (tertiary/aromatic N) is 1. The van der Waals surface area contributed by atoms with Crippen LogP contribution in [0, 0.1) is 5.92 Å². The van der Waals surface area contributed by atoms with Crippen molar-refractivity contribution in [2.24, 2.45) is 11.7 Å². The molecular weight excluding hydrogens is 204 g/mol. The lowest BCUT2D eigenvalue weighted by atomic mass is 10.1. The van der Waals surface area contributed by atoms with Gasteiger partial charge in [-0.3, -0.25) is 0 Å². The van der Waals surface area contributed by atoms with E-state index >= 15 is 0 Å². The molecule has 1 aromatic rings. The molecule has 84 valence electrons. The second-order valence-electron chi connectivity index (χ2n) is 4.45. The van der Waals surface area contributed by atoms with Gasteiger partial charge in [-0.25, -0.2) is 0 Å². The van der Waals surface area contributed by atoms with Gasteiger partial charge >= 0.3 is 0 Å². The standard InChI is InChI=1S/C12H20N2S/c1-14(12(9-13)10-4-5-10)7-6-11-3-2-8-15-11/h2-3,8,10,12H,4-7,9,13H2,1H3.